The number of nitrogens with one attached hydrogen (secondary N) is 2. The summed E-state index contributed by atoms with van der Waals surface area (Å²) < 4.78 is 5.84. The second-order valence-electron chi connectivity index (χ2n) is 5.90. The van der Waals surface area contributed by atoms with Crippen molar-refractivity contribution in [2.75, 3.05) is 5.32 Å². The Hall–Kier alpha value is -3.60. The number of anilines is 1. The number of rotatable bonds is 5. The Morgan fingerprint density at radius 3 is 2.73 bits per heavy atom. The maximum atomic E-state index is 12.4. The van der Waals surface area contributed by atoms with Crippen molar-refractivity contribution in [3.05, 3.63) is 90.4 Å². The van der Waals surface area contributed by atoms with Crippen molar-refractivity contribution in [1.29, 1.82) is 0 Å². The van der Waals surface area contributed by atoms with E-state index in [2.05, 4.69) is 15.3 Å². The van der Waals surface area contributed by atoms with Gasteiger partial charge in [0.25, 0.3) is 5.91 Å². The number of hydrogen-bond donors (Lipinski definition) is 2. The van der Waals surface area contributed by atoms with Crippen LogP contribution in [-0.2, 0) is 6.61 Å². The molecule has 1 amide bonds. The Balaban J connectivity index is 1.49. The zero-order chi connectivity index (χ0) is 17.8. The molecule has 0 aliphatic rings. The molecule has 0 unspecified atom stereocenters. The van der Waals surface area contributed by atoms with Crippen LogP contribution < -0.4 is 10.1 Å². The molecule has 0 aliphatic carbocycles. The van der Waals surface area contributed by atoms with Crippen LogP contribution in [0.5, 0.6) is 5.75 Å². The second kappa shape index (κ2) is 7.11. The third-order valence-corrected chi connectivity index (χ3v) is 4.01. The molecule has 0 atom stereocenters. The fraction of sp³-hybridized carbons (Fsp3) is 0.0476. The lowest BCUT2D eigenvalue weighted by atomic mass is 10.2. The molecule has 0 saturated carbocycles. The average molecular weight is 343 g/mol. The lowest BCUT2D eigenvalue weighted by Crippen LogP contribution is -2.12. The molecule has 2 aromatic heterocycles. The maximum absolute atomic E-state index is 12.4. The van der Waals surface area contributed by atoms with Crippen molar-refractivity contribution in [2.45, 2.75) is 6.61 Å². The quantitative estimate of drug-likeness (QED) is 0.564. The fourth-order valence-corrected chi connectivity index (χ4v) is 2.69. The molecule has 2 aromatic carbocycles. The topological polar surface area (TPSA) is 67.0 Å². The summed E-state index contributed by atoms with van der Waals surface area (Å²) in [5.74, 6) is 0.545. The fourth-order valence-electron chi connectivity index (χ4n) is 2.69. The predicted octanol–water partition coefficient (Wildman–Crippen LogP) is 4.39. The van der Waals surface area contributed by atoms with Crippen molar-refractivity contribution in [2.24, 2.45) is 0 Å². The van der Waals surface area contributed by atoms with Crippen molar-refractivity contribution in [3.63, 3.8) is 0 Å². The Labute approximate surface area is 150 Å². The van der Waals surface area contributed by atoms with Crippen LogP contribution in [0.2, 0.25) is 0 Å². The summed E-state index contributed by atoms with van der Waals surface area (Å²) in [7, 11) is 0. The van der Waals surface area contributed by atoms with E-state index < -0.39 is 0 Å². The first-order chi connectivity index (χ1) is 12.8. The second-order valence-corrected chi connectivity index (χ2v) is 5.90. The SMILES string of the molecule is O=C(Nc1cccnc1)c1cc2ccc(OCc3ccccc3)cc2[nH]1. The van der Waals surface area contributed by atoms with Gasteiger partial charge >= 0.3 is 0 Å². The van der Waals surface area contributed by atoms with Crippen molar-refractivity contribution in [3.8, 4) is 5.75 Å². The zero-order valence-corrected chi connectivity index (χ0v) is 14.0. The van der Waals surface area contributed by atoms with Gasteiger partial charge in [-0.05, 0) is 35.9 Å². The number of carbonyl (C=O) groups is 1. The highest BCUT2D eigenvalue weighted by Gasteiger charge is 2.10. The number of aromatic amines is 1. The zero-order valence-electron chi connectivity index (χ0n) is 14.0. The summed E-state index contributed by atoms with van der Waals surface area (Å²) in [4.78, 5) is 19.5. The van der Waals surface area contributed by atoms with E-state index in [1.165, 1.54) is 0 Å². The maximum Gasteiger partial charge on any atom is 0.272 e. The summed E-state index contributed by atoms with van der Waals surface area (Å²) in [5, 5.41) is 3.77. The van der Waals surface area contributed by atoms with Crippen molar-refractivity contribution in [1.82, 2.24) is 9.97 Å². The molecule has 0 aliphatic heterocycles. The molecule has 5 heteroatoms. The summed E-state index contributed by atoms with van der Waals surface area (Å²) in [5.41, 5.74) is 3.11. The van der Waals surface area contributed by atoms with Gasteiger partial charge in [0, 0.05) is 23.2 Å². The standard InChI is InChI=1S/C21H17N3O2/c25-21(23-17-7-4-10-22-13-17)20-11-16-8-9-18(12-19(16)24-20)26-14-15-5-2-1-3-6-15/h1-13,24H,14H2,(H,23,25). The number of pyridine rings is 1. The van der Waals surface area contributed by atoms with Crippen LogP contribution in [0.15, 0.2) is 79.1 Å². The van der Waals surface area contributed by atoms with Gasteiger partial charge in [-0.1, -0.05) is 30.3 Å². The summed E-state index contributed by atoms with van der Waals surface area (Å²) in [6.07, 6.45) is 3.27. The molecule has 0 fully saturated rings. The van der Waals surface area contributed by atoms with E-state index in [9.17, 15) is 4.79 Å². The molecule has 26 heavy (non-hydrogen) atoms. The van der Waals surface area contributed by atoms with Gasteiger partial charge in [0.05, 0.1) is 11.9 Å². The highest BCUT2D eigenvalue weighted by molar-refractivity contribution is 6.05. The molecule has 0 spiro atoms. The van der Waals surface area contributed by atoms with Gasteiger partial charge in [0.2, 0.25) is 0 Å². The van der Waals surface area contributed by atoms with Crippen LogP contribution in [-0.4, -0.2) is 15.9 Å². The minimum atomic E-state index is -0.207. The molecule has 4 rings (SSSR count). The minimum Gasteiger partial charge on any atom is -0.489 e. The Morgan fingerprint density at radius 1 is 1.04 bits per heavy atom. The van der Waals surface area contributed by atoms with E-state index >= 15 is 0 Å². The molecule has 4 aromatic rings. The van der Waals surface area contributed by atoms with E-state index in [0.29, 0.717) is 18.0 Å². The molecule has 2 heterocycles. The number of ether oxygens (including phenoxy) is 1. The van der Waals surface area contributed by atoms with Gasteiger partial charge in [-0.15, -0.1) is 0 Å². The van der Waals surface area contributed by atoms with Crippen molar-refractivity contribution < 1.29 is 9.53 Å². The number of amides is 1. The molecular weight excluding hydrogens is 326 g/mol. The minimum absolute atomic E-state index is 0.207. The highest BCUT2D eigenvalue weighted by Crippen LogP contribution is 2.23. The van der Waals surface area contributed by atoms with Gasteiger partial charge in [-0.25, -0.2) is 0 Å². The lowest BCUT2D eigenvalue weighted by molar-refractivity contribution is 0.102. The third-order valence-electron chi connectivity index (χ3n) is 4.01. The van der Waals surface area contributed by atoms with Gasteiger partial charge < -0.3 is 15.0 Å². The van der Waals surface area contributed by atoms with E-state index in [4.69, 9.17) is 4.74 Å². The number of H-pyrrole nitrogens is 1. The van der Waals surface area contributed by atoms with Crippen LogP contribution in [0.3, 0.4) is 0 Å². The predicted molar refractivity (Wildman–Crippen MR) is 101 cm³/mol. The van der Waals surface area contributed by atoms with Crippen LogP contribution in [0.1, 0.15) is 16.1 Å². The Bertz CT molecular complexity index is 1030. The summed E-state index contributed by atoms with van der Waals surface area (Å²) in [6, 6.07) is 21.1. The van der Waals surface area contributed by atoms with Crippen LogP contribution in [0, 0.1) is 0 Å². The van der Waals surface area contributed by atoms with Crippen LogP contribution >= 0.6 is 0 Å². The van der Waals surface area contributed by atoms with E-state index in [1.54, 1.807) is 24.5 Å². The number of hydrogen-bond acceptors (Lipinski definition) is 3. The Kier molecular flexibility index (Phi) is 4.35. The molecule has 128 valence electrons. The number of benzene rings is 2. The Morgan fingerprint density at radius 2 is 1.92 bits per heavy atom. The number of nitrogens with zero attached hydrogens (tertiary/aromatic N) is 1. The van der Waals surface area contributed by atoms with Crippen LogP contribution in [0.25, 0.3) is 10.9 Å². The molecule has 0 radical (unpaired) electrons. The monoisotopic (exact) mass is 343 g/mol. The molecule has 0 bridgehead atoms. The summed E-state index contributed by atoms with van der Waals surface area (Å²) in [6.45, 7) is 0.501. The number of aromatic nitrogens is 2. The van der Waals surface area contributed by atoms with Gasteiger partial charge in [0.15, 0.2) is 0 Å². The van der Waals surface area contributed by atoms with Gasteiger partial charge in [0.1, 0.15) is 18.1 Å². The van der Waals surface area contributed by atoms with Gasteiger partial charge in [-0.2, -0.15) is 0 Å². The third kappa shape index (κ3) is 3.57. The first-order valence-corrected chi connectivity index (χ1v) is 8.29. The largest absolute Gasteiger partial charge is 0.489 e. The lowest BCUT2D eigenvalue weighted by Gasteiger charge is -2.06. The molecule has 5 nitrogen and oxygen atoms in total. The van der Waals surface area contributed by atoms with E-state index in [1.807, 2.05) is 54.6 Å². The smallest absolute Gasteiger partial charge is 0.272 e. The highest BCUT2D eigenvalue weighted by atomic mass is 16.5. The molecular formula is C21H17N3O2. The van der Waals surface area contributed by atoms with E-state index in [-0.39, 0.29) is 5.91 Å². The first-order valence-electron chi connectivity index (χ1n) is 8.29. The van der Waals surface area contributed by atoms with E-state index in [0.717, 1.165) is 22.2 Å². The average Bonchev–Trinajstić information content (AvgIpc) is 3.11. The normalized spacial score (nSPS) is 10.6. The number of fused-ring (bicyclic) bond motifs is 1. The first kappa shape index (κ1) is 15.9. The molecule has 0 saturated heterocycles. The van der Waals surface area contributed by atoms with Crippen LogP contribution in [0.4, 0.5) is 5.69 Å². The summed E-state index contributed by atoms with van der Waals surface area (Å²) >= 11 is 0. The number of carbonyl (C=O) groups excluding carboxylic acids is 1. The molecule has 2 N–H and O–H groups in total. The van der Waals surface area contributed by atoms with Gasteiger partial charge in [-0.3, -0.25) is 9.78 Å². The van der Waals surface area contributed by atoms with Crippen molar-refractivity contribution >= 4 is 22.5 Å².